The number of aliphatic hydroxyl groups excluding tert-OH is 1. The normalized spacial score (nSPS) is 11.4. The zero-order valence-electron chi connectivity index (χ0n) is 7.24. The standard InChI is InChI=1S/C10H7BrN2O/c11-9-2-1-7(6-13)5-8(9)10(14)3-4-12/h1-2,5,10,14H,3H2. The number of nitrogens with zero attached hydrogens (tertiary/aromatic N) is 2. The maximum Gasteiger partial charge on any atom is 0.0991 e. The molecule has 0 saturated heterocycles. The molecule has 1 atom stereocenters. The summed E-state index contributed by atoms with van der Waals surface area (Å²) < 4.78 is 0.708. The fourth-order valence-electron chi connectivity index (χ4n) is 1.07. The summed E-state index contributed by atoms with van der Waals surface area (Å²) in [6.07, 6.45) is -0.823. The minimum atomic E-state index is -0.845. The predicted molar refractivity (Wildman–Crippen MR) is 54.0 cm³/mol. The molecule has 70 valence electrons. The minimum Gasteiger partial charge on any atom is -0.387 e. The molecule has 1 rings (SSSR count). The highest BCUT2D eigenvalue weighted by Crippen LogP contribution is 2.26. The average Bonchev–Trinajstić information content (AvgIpc) is 2.19. The van der Waals surface area contributed by atoms with E-state index in [1.54, 1.807) is 18.2 Å². The topological polar surface area (TPSA) is 67.8 Å². The molecule has 0 radical (unpaired) electrons. The lowest BCUT2D eigenvalue weighted by atomic mass is 10.0. The molecule has 4 heteroatoms. The second-order valence-electron chi connectivity index (χ2n) is 2.73. The van der Waals surface area contributed by atoms with Gasteiger partial charge < -0.3 is 5.11 Å². The van der Waals surface area contributed by atoms with Crippen LogP contribution in [0.3, 0.4) is 0 Å². The van der Waals surface area contributed by atoms with E-state index in [0.29, 0.717) is 15.6 Å². The van der Waals surface area contributed by atoms with E-state index < -0.39 is 6.10 Å². The second kappa shape index (κ2) is 4.76. The van der Waals surface area contributed by atoms with Crippen LogP contribution >= 0.6 is 15.9 Å². The third kappa shape index (κ3) is 2.32. The summed E-state index contributed by atoms with van der Waals surface area (Å²) in [7, 11) is 0. The van der Waals surface area contributed by atoms with Crippen molar-refractivity contribution in [3.05, 3.63) is 33.8 Å². The number of benzene rings is 1. The van der Waals surface area contributed by atoms with E-state index in [2.05, 4.69) is 15.9 Å². The van der Waals surface area contributed by atoms with Crippen LogP contribution in [0.25, 0.3) is 0 Å². The molecule has 1 unspecified atom stereocenters. The third-order valence-electron chi connectivity index (χ3n) is 1.77. The molecular formula is C10H7BrN2O. The van der Waals surface area contributed by atoms with Crippen LogP contribution in [0.1, 0.15) is 23.7 Å². The number of nitriles is 2. The average molecular weight is 251 g/mol. The molecule has 0 heterocycles. The van der Waals surface area contributed by atoms with Crippen molar-refractivity contribution in [1.29, 1.82) is 10.5 Å². The van der Waals surface area contributed by atoms with Crippen molar-refractivity contribution in [2.45, 2.75) is 12.5 Å². The number of hydrogen-bond donors (Lipinski definition) is 1. The van der Waals surface area contributed by atoms with Crippen LogP contribution in [0.2, 0.25) is 0 Å². The molecule has 0 bridgehead atoms. The van der Waals surface area contributed by atoms with E-state index in [4.69, 9.17) is 10.5 Å². The van der Waals surface area contributed by atoms with Gasteiger partial charge >= 0.3 is 0 Å². The number of rotatable bonds is 2. The molecule has 0 spiro atoms. The zero-order chi connectivity index (χ0) is 10.6. The fourth-order valence-corrected chi connectivity index (χ4v) is 1.58. The summed E-state index contributed by atoms with van der Waals surface area (Å²) in [6.45, 7) is 0. The molecule has 0 saturated carbocycles. The van der Waals surface area contributed by atoms with Gasteiger partial charge in [-0.2, -0.15) is 10.5 Å². The van der Waals surface area contributed by atoms with Gasteiger partial charge in [-0.15, -0.1) is 0 Å². The largest absolute Gasteiger partial charge is 0.387 e. The summed E-state index contributed by atoms with van der Waals surface area (Å²) >= 11 is 3.25. The van der Waals surface area contributed by atoms with Crippen LogP contribution in [-0.4, -0.2) is 5.11 Å². The van der Waals surface area contributed by atoms with Gasteiger partial charge in [0.15, 0.2) is 0 Å². The first-order chi connectivity index (χ1) is 6.69. The first-order valence-corrected chi connectivity index (χ1v) is 4.73. The maximum atomic E-state index is 9.56. The monoisotopic (exact) mass is 250 g/mol. The second-order valence-corrected chi connectivity index (χ2v) is 3.58. The van der Waals surface area contributed by atoms with E-state index >= 15 is 0 Å². The summed E-state index contributed by atoms with van der Waals surface area (Å²) in [5, 5.41) is 26.6. The Morgan fingerprint density at radius 1 is 1.43 bits per heavy atom. The Balaban J connectivity index is 3.08. The quantitative estimate of drug-likeness (QED) is 0.876. The third-order valence-corrected chi connectivity index (χ3v) is 2.49. The van der Waals surface area contributed by atoms with Crippen molar-refractivity contribution in [2.24, 2.45) is 0 Å². The molecule has 0 fully saturated rings. The van der Waals surface area contributed by atoms with Crippen molar-refractivity contribution >= 4 is 15.9 Å². The van der Waals surface area contributed by atoms with Gasteiger partial charge in [-0.3, -0.25) is 0 Å². The molecule has 1 aromatic rings. The molecule has 0 aliphatic carbocycles. The number of hydrogen-bond acceptors (Lipinski definition) is 3. The van der Waals surface area contributed by atoms with E-state index in [0.717, 1.165) is 0 Å². The lowest BCUT2D eigenvalue weighted by Gasteiger charge is -2.09. The Kier molecular flexibility index (Phi) is 3.64. The molecule has 0 aromatic heterocycles. The summed E-state index contributed by atoms with van der Waals surface area (Å²) in [5.41, 5.74) is 1.05. The van der Waals surface area contributed by atoms with Gasteiger partial charge in [0.25, 0.3) is 0 Å². The molecular weight excluding hydrogens is 244 g/mol. The van der Waals surface area contributed by atoms with E-state index in [1.807, 2.05) is 12.1 Å². The molecule has 14 heavy (non-hydrogen) atoms. The van der Waals surface area contributed by atoms with Crippen LogP contribution < -0.4 is 0 Å². The van der Waals surface area contributed by atoms with Gasteiger partial charge in [-0.05, 0) is 23.8 Å². The summed E-state index contributed by atoms with van der Waals surface area (Å²) in [5.74, 6) is 0. The van der Waals surface area contributed by atoms with Crippen LogP contribution in [0, 0.1) is 22.7 Å². The van der Waals surface area contributed by atoms with E-state index in [9.17, 15) is 5.11 Å². The molecule has 0 aliphatic rings. The Morgan fingerprint density at radius 3 is 2.71 bits per heavy atom. The highest BCUT2D eigenvalue weighted by atomic mass is 79.9. The number of halogens is 1. The maximum absolute atomic E-state index is 9.56. The molecule has 3 nitrogen and oxygen atoms in total. The Morgan fingerprint density at radius 2 is 2.14 bits per heavy atom. The van der Waals surface area contributed by atoms with Crippen LogP contribution in [-0.2, 0) is 0 Å². The van der Waals surface area contributed by atoms with Gasteiger partial charge in [-0.1, -0.05) is 15.9 Å². The number of aliphatic hydroxyl groups is 1. The van der Waals surface area contributed by atoms with Crippen molar-refractivity contribution < 1.29 is 5.11 Å². The first kappa shape index (κ1) is 10.7. The Hall–Kier alpha value is -1.36. The zero-order valence-corrected chi connectivity index (χ0v) is 8.82. The van der Waals surface area contributed by atoms with Crippen LogP contribution in [0.15, 0.2) is 22.7 Å². The summed E-state index contributed by atoms with van der Waals surface area (Å²) in [6, 6.07) is 8.76. The van der Waals surface area contributed by atoms with Crippen molar-refractivity contribution in [3.63, 3.8) is 0 Å². The lowest BCUT2D eigenvalue weighted by Crippen LogP contribution is -1.97. The van der Waals surface area contributed by atoms with Gasteiger partial charge in [0.1, 0.15) is 0 Å². The van der Waals surface area contributed by atoms with E-state index in [1.165, 1.54) is 0 Å². The van der Waals surface area contributed by atoms with Gasteiger partial charge in [-0.25, -0.2) is 0 Å². The Bertz CT molecular complexity index is 417. The molecule has 1 N–H and O–H groups in total. The highest BCUT2D eigenvalue weighted by molar-refractivity contribution is 9.10. The van der Waals surface area contributed by atoms with Crippen molar-refractivity contribution in [3.8, 4) is 12.1 Å². The van der Waals surface area contributed by atoms with Gasteiger partial charge in [0.2, 0.25) is 0 Å². The smallest absolute Gasteiger partial charge is 0.0991 e. The van der Waals surface area contributed by atoms with Crippen molar-refractivity contribution in [1.82, 2.24) is 0 Å². The van der Waals surface area contributed by atoms with Gasteiger partial charge in [0.05, 0.1) is 30.2 Å². The lowest BCUT2D eigenvalue weighted by molar-refractivity contribution is 0.182. The van der Waals surface area contributed by atoms with Crippen molar-refractivity contribution in [2.75, 3.05) is 0 Å². The molecule has 1 aromatic carbocycles. The minimum absolute atomic E-state index is 0.0213. The van der Waals surface area contributed by atoms with Crippen LogP contribution in [0.4, 0.5) is 0 Å². The molecule has 0 aliphatic heterocycles. The van der Waals surface area contributed by atoms with Crippen LogP contribution in [0.5, 0.6) is 0 Å². The van der Waals surface area contributed by atoms with E-state index in [-0.39, 0.29) is 6.42 Å². The highest BCUT2D eigenvalue weighted by Gasteiger charge is 2.11. The Labute approximate surface area is 90.3 Å². The molecule has 0 amide bonds. The SMILES string of the molecule is N#CCC(O)c1cc(C#N)ccc1Br. The first-order valence-electron chi connectivity index (χ1n) is 3.93. The summed E-state index contributed by atoms with van der Waals surface area (Å²) in [4.78, 5) is 0. The fraction of sp³-hybridized carbons (Fsp3) is 0.200. The predicted octanol–water partition coefficient (Wildman–Crippen LogP) is 2.27. The van der Waals surface area contributed by atoms with Gasteiger partial charge in [0, 0.05) is 4.47 Å².